The molecule has 0 fully saturated rings. The SMILES string of the molecule is COc1ccc(NC(=O)C(Cc2ccccc2)NC2=CC(=NO)c3ccccc3C2=O)cc1. The molecule has 1 amide bonds. The van der Waals surface area contributed by atoms with Gasteiger partial charge in [-0.3, -0.25) is 9.59 Å². The van der Waals surface area contributed by atoms with Crippen molar-refractivity contribution in [3.63, 3.8) is 0 Å². The zero-order valence-corrected chi connectivity index (χ0v) is 18.0. The molecule has 33 heavy (non-hydrogen) atoms. The van der Waals surface area contributed by atoms with Crippen molar-refractivity contribution in [3.05, 3.63) is 107 Å². The number of nitrogens with zero attached hydrogens (tertiary/aromatic N) is 1. The van der Waals surface area contributed by atoms with Crippen LogP contribution in [-0.4, -0.2) is 35.8 Å². The van der Waals surface area contributed by atoms with Crippen LogP contribution >= 0.6 is 0 Å². The van der Waals surface area contributed by atoms with E-state index in [2.05, 4.69) is 15.8 Å². The van der Waals surface area contributed by atoms with Crippen LogP contribution in [0.4, 0.5) is 5.69 Å². The van der Waals surface area contributed by atoms with Crippen molar-refractivity contribution in [2.75, 3.05) is 12.4 Å². The highest BCUT2D eigenvalue weighted by Gasteiger charge is 2.28. The van der Waals surface area contributed by atoms with Crippen LogP contribution in [-0.2, 0) is 11.2 Å². The van der Waals surface area contributed by atoms with E-state index in [1.54, 1.807) is 55.6 Å². The summed E-state index contributed by atoms with van der Waals surface area (Å²) in [5.74, 6) is 0.103. The Kier molecular flexibility index (Phi) is 6.50. The summed E-state index contributed by atoms with van der Waals surface area (Å²) in [5, 5.41) is 18.8. The van der Waals surface area contributed by atoms with Crippen LogP contribution in [0.1, 0.15) is 21.5 Å². The third-order valence-corrected chi connectivity index (χ3v) is 5.37. The van der Waals surface area contributed by atoms with Crippen molar-refractivity contribution in [1.29, 1.82) is 0 Å². The van der Waals surface area contributed by atoms with Crippen LogP contribution in [0.5, 0.6) is 5.75 Å². The first-order valence-corrected chi connectivity index (χ1v) is 10.4. The molecule has 7 nitrogen and oxygen atoms in total. The first kappa shape index (κ1) is 21.8. The van der Waals surface area contributed by atoms with Crippen LogP contribution in [0.3, 0.4) is 0 Å². The molecule has 166 valence electrons. The second-order valence-electron chi connectivity index (χ2n) is 7.52. The first-order chi connectivity index (χ1) is 16.1. The van der Waals surface area contributed by atoms with Crippen LogP contribution in [0, 0.1) is 0 Å². The smallest absolute Gasteiger partial charge is 0.247 e. The molecule has 0 spiro atoms. The molecule has 0 saturated carbocycles. The van der Waals surface area contributed by atoms with E-state index in [-0.39, 0.29) is 23.1 Å². The molecule has 0 heterocycles. The van der Waals surface area contributed by atoms with Gasteiger partial charge in [-0.15, -0.1) is 0 Å². The van der Waals surface area contributed by atoms with Gasteiger partial charge in [0.15, 0.2) is 0 Å². The van der Waals surface area contributed by atoms with E-state index in [0.717, 1.165) is 5.56 Å². The summed E-state index contributed by atoms with van der Waals surface area (Å²) >= 11 is 0. The van der Waals surface area contributed by atoms with Gasteiger partial charge in [0.25, 0.3) is 0 Å². The molecule has 7 heteroatoms. The number of Topliss-reactive ketones (excluding diaryl/α,β-unsaturated/α-hetero) is 1. The van der Waals surface area contributed by atoms with Gasteiger partial charge >= 0.3 is 0 Å². The van der Waals surface area contributed by atoms with Gasteiger partial charge in [-0.25, -0.2) is 0 Å². The Labute approximate surface area is 191 Å². The zero-order valence-electron chi connectivity index (χ0n) is 18.0. The molecule has 0 radical (unpaired) electrons. The largest absolute Gasteiger partial charge is 0.497 e. The van der Waals surface area contributed by atoms with Crippen molar-refractivity contribution in [1.82, 2.24) is 5.32 Å². The molecular formula is C26H23N3O4. The summed E-state index contributed by atoms with van der Waals surface area (Å²) in [5.41, 5.74) is 2.92. The standard InChI is InChI=1S/C26H23N3O4/c1-33-19-13-11-18(12-14-19)27-26(31)24(15-17-7-3-2-4-8-17)28-23-16-22(29-32)20-9-5-6-10-21(20)25(23)30/h2-14,16,24,28,32H,15H2,1H3,(H,27,31). The molecule has 3 aromatic carbocycles. The summed E-state index contributed by atoms with van der Waals surface area (Å²) in [6.45, 7) is 0. The van der Waals surface area contributed by atoms with Crippen LogP contribution in [0.15, 0.2) is 95.8 Å². The van der Waals surface area contributed by atoms with E-state index in [4.69, 9.17) is 4.74 Å². The predicted octanol–water partition coefficient (Wildman–Crippen LogP) is 3.79. The fourth-order valence-electron chi connectivity index (χ4n) is 3.67. The van der Waals surface area contributed by atoms with Crippen molar-refractivity contribution in [2.45, 2.75) is 12.5 Å². The number of benzene rings is 3. The van der Waals surface area contributed by atoms with E-state index >= 15 is 0 Å². The topological polar surface area (TPSA) is 100 Å². The minimum Gasteiger partial charge on any atom is -0.497 e. The van der Waals surface area contributed by atoms with Gasteiger partial charge in [-0.1, -0.05) is 59.8 Å². The van der Waals surface area contributed by atoms with Gasteiger partial charge < -0.3 is 20.6 Å². The number of anilines is 1. The van der Waals surface area contributed by atoms with Crippen molar-refractivity contribution < 1.29 is 19.5 Å². The Hall–Kier alpha value is -4.39. The molecule has 1 unspecified atom stereocenters. The fraction of sp³-hybridized carbons (Fsp3) is 0.115. The van der Waals surface area contributed by atoms with Crippen molar-refractivity contribution in [2.24, 2.45) is 5.16 Å². The minimum atomic E-state index is -0.755. The average Bonchev–Trinajstić information content (AvgIpc) is 2.86. The van der Waals surface area contributed by atoms with E-state index in [1.807, 2.05) is 30.3 Å². The lowest BCUT2D eigenvalue weighted by molar-refractivity contribution is -0.117. The quantitative estimate of drug-likeness (QED) is 0.383. The number of hydrogen-bond acceptors (Lipinski definition) is 6. The zero-order chi connectivity index (χ0) is 23.2. The number of amides is 1. The predicted molar refractivity (Wildman–Crippen MR) is 126 cm³/mol. The summed E-state index contributed by atoms with van der Waals surface area (Å²) in [6.07, 6.45) is 1.81. The number of ether oxygens (including phenoxy) is 1. The summed E-state index contributed by atoms with van der Waals surface area (Å²) in [4.78, 5) is 26.3. The van der Waals surface area contributed by atoms with E-state index in [0.29, 0.717) is 29.0 Å². The van der Waals surface area contributed by atoms with Crippen molar-refractivity contribution in [3.8, 4) is 5.75 Å². The molecule has 3 N–H and O–H groups in total. The Morgan fingerprint density at radius 2 is 1.64 bits per heavy atom. The maximum absolute atomic E-state index is 13.2. The normalized spacial score (nSPS) is 14.8. The third kappa shape index (κ3) is 4.93. The second-order valence-corrected chi connectivity index (χ2v) is 7.52. The Balaban J connectivity index is 1.61. The number of nitrogens with one attached hydrogen (secondary N) is 2. The van der Waals surface area contributed by atoms with Gasteiger partial charge in [0.2, 0.25) is 11.7 Å². The van der Waals surface area contributed by atoms with Crippen LogP contribution < -0.4 is 15.4 Å². The highest BCUT2D eigenvalue weighted by Crippen LogP contribution is 2.22. The van der Waals surface area contributed by atoms with E-state index < -0.39 is 6.04 Å². The van der Waals surface area contributed by atoms with Gasteiger partial charge in [-0.05, 0) is 35.9 Å². The molecule has 0 aromatic heterocycles. The molecule has 4 rings (SSSR count). The number of ketones is 1. The molecule has 1 aliphatic carbocycles. The van der Waals surface area contributed by atoms with E-state index in [1.165, 1.54) is 6.08 Å². The summed E-state index contributed by atoms with van der Waals surface area (Å²) in [7, 11) is 1.57. The lowest BCUT2D eigenvalue weighted by Crippen LogP contribution is -2.44. The lowest BCUT2D eigenvalue weighted by Gasteiger charge is -2.24. The first-order valence-electron chi connectivity index (χ1n) is 10.4. The Morgan fingerprint density at radius 3 is 2.30 bits per heavy atom. The number of fused-ring (bicyclic) bond motifs is 1. The number of carbonyl (C=O) groups is 2. The van der Waals surface area contributed by atoms with Gasteiger partial charge in [0, 0.05) is 23.2 Å². The molecule has 0 aliphatic heterocycles. The molecule has 0 bridgehead atoms. The van der Waals surface area contributed by atoms with Crippen molar-refractivity contribution >= 4 is 23.1 Å². The number of allylic oxidation sites excluding steroid dienone is 2. The molecule has 1 aliphatic rings. The third-order valence-electron chi connectivity index (χ3n) is 5.37. The Bertz CT molecular complexity index is 1220. The monoisotopic (exact) mass is 441 g/mol. The number of oxime groups is 1. The van der Waals surface area contributed by atoms with Crippen LogP contribution in [0.25, 0.3) is 0 Å². The number of rotatable bonds is 7. The summed E-state index contributed by atoms with van der Waals surface area (Å²) < 4.78 is 5.16. The van der Waals surface area contributed by atoms with Gasteiger partial charge in [-0.2, -0.15) is 0 Å². The van der Waals surface area contributed by atoms with Gasteiger partial charge in [0.1, 0.15) is 17.5 Å². The second kappa shape index (κ2) is 9.82. The highest BCUT2D eigenvalue weighted by atomic mass is 16.5. The number of carbonyl (C=O) groups excluding carboxylic acids is 2. The van der Waals surface area contributed by atoms with Gasteiger partial charge in [0.05, 0.1) is 12.8 Å². The number of methoxy groups -OCH3 is 1. The maximum Gasteiger partial charge on any atom is 0.247 e. The summed E-state index contributed by atoms with van der Waals surface area (Å²) in [6, 6.07) is 22.7. The minimum absolute atomic E-state index is 0.187. The lowest BCUT2D eigenvalue weighted by atomic mass is 9.91. The fourth-order valence-corrected chi connectivity index (χ4v) is 3.67. The van der Waals surface area contributed by atoms with Crippen LogP contribution in [0.2, 0.25) is 0 Å². The van der Waals surface area contributed by atoms with E-state index in [9.17, 15) is 14.8 Å². The Morgan fingerprint density at radius 1 is 0.970 bits per heavy atom. The maximum atomic E-state index is 13.2. The number of hydrogen-bond donors (Lipinski definition) is 3. The average molecular weight is 441 g/mol. The molecule has 3 aromatic rings. The molecule has 1 atom stereocenters. The highest BCUT2D eigenvalue weighted by molar-refractivity contribution is 6.26. The molecular weight excluding hydrogens is 418 g/mol. The molecule has 0 saturated heterocycles.